The number of hydrogen-bond donors (Lipinski definition) is 0. The summed E-state index contributed by atoms with van der Waals surface area (Å²) < 4.78 is 41.9. The van der Waals surface area contributed by atoms with Crippen molar-refractivity contribution in [2.24, 2.45) is 5.92 Å². The lowest BCUT2D eigenvalue weighted by molar-refractivity contribution is 0.0123. The number of fused-ring (bicyclic) bond motifs is 2. The Labute approximate surface area is 158 Å². The Bertz CT molecular complexity index is 927. The largest absolute Gasteiger partial charge is 0.298 e. The number of pyridine rings is 1. The van der Waals surface area contributed by atoms with E-state index in [1.165, 1.54) is 18.3 Å². The van der Waals surface area contributed by atoms with Gasteiger partial charge in [0, 0.05) is 36.9 Å². The number of hydrogen-bond acceptors (Lipinski definition) is 4. The molecule has 6 rings (SSSR count). The van der Waals surface area contributed by atoms with E-state index in [-0.39, 0.29) is 28.7 Å². The zero-order valence-corrected chi connectivity index (χ0v) is 15.7. The van der Waals surface area contributed by atoms with E-state index in [9.17, 15) is 12.8 Å². The molecule has 7 heteroatoms. The maximum atomic E-state index is 13.4. The summed E-state index contributed by atoms with van der Waals surface area (Å²) in [6.07, 6.45) is 5.09. The molecule has 5 heterocycles. The minimum atomic E-state index is -3.61. The second-order valence-corrected chi connectivity index (χ2v) is 9.67. The third kappa shape index (κ3) is 2.71. The van der Waals surface area contributed by atoms with E-state index >= 15 is 0 Å². The van der Waals surface area contributed by atoms with E-state index in [1.807, 2.05) is 0 Å². The fourth-order valence-corrected chi connectivity index (χ4v) is 6.97. The van der Waals surface area contributed by atoms with Gasteiger partial charge in [0.2, 0.25) is 10.0 Å². The molecule has 1 aromatic carbocycles. The first-order chi connectivity index (χ1) is 13.1. The third-order valence-electron chi connectivity index (χ3n) is 6.49. The first-order valence-corrected chi connectivity index (χ1v) is 10.9. The molecule has 2 aromatic rings. The van der Waals surface area contributed by atoms with Crippen LogP contribution in [0.5, 0.6) is 0 Å². The number of benzene rings is 1. The van der Waals surface area contributed by atoms with Crippen molar-refractivity contribution >= 4 is 10.0 Å². The monoisotopic (exact) mass is 387 g/mol. The smallest absolute Gasteiger partial charge is 0.244 e. The number of rotatable bonds is 3. The molecule has 4 aliphatic heterocycles. The quantitative estimate of drug-likeness (QED) is 0.812. The van der Waals surface area contributed by atoms with Crippen molar-refractivity contribution in [3.63, 3.8) is 0 Å². The number of sulfonamides is 1. The Kier molecular flexibility index (Phi) is 4.07. The van der Waals surface area contributed by atoms with Crippen molar-refractivity contribution in [2.45, 2.75) is 35.7 Å². The van der Waals surface area contributed by atoms with E-state index in [0.717, 1.165) is 31.5 Å². The van der Waals surface area contributed by atoms with Gasteiger partial charge in [0.15, 0.2) is 0 Å². The summed E-state index contributed by atoms with van der Waals surface area (Å²) in [6, 6.07) is 9.97. The third-order valence-corrected chi connectivity index (χ3v) is 8.34. The second kappa shape index (κ2) is 6.36. The standard InChI is InChI=1S/C20H22FN3O2S/c21-16-5-3-14(4-6-16)18-13-24(27(25,26)17-2-1-9-22-12-17)19-15-7-10-23(11-8-15)20(18)19/h1-6,9,12,15,18-20H,7-8,10-11,13H2/t18-,19+,20+/m0/s1. The second-order valence-electron chi connectivity index (χ2n) is 7.78. The van der Waals surface area contributed by atoms with Crippen LogP contribution in [0.2, 0.25) is 0 Å². The van der Waals surface area contributed by atoms with Gasteiger partial charge in [-0.3, -0.25) is 9.88 Å². The average Bonchev–Trinajstić information content (AvgIpc) is 3.14. The molecule has 0 aliphatic carbocycles. The van der Waals surface area contributed by atoms with Crippen LogP contribution in [-0.2, 0) is 10.0 Å². The maximum Gasteiger partial charge on any atom is 0.244 e. The molecule has 4 fully saturated rings. The van der Waals surface area contributed by atoms with Crippen LogP contribution in [-0.4, -0.2) is 54.3 Å². The Morgan fingerprint density at radius 3 is 2.44 bits per heavy atom. The van der Waals surface area contributed by atoms with Gasteiger partial charge < -0.3 is 0 Å². The fraction of sp³-hybridized carbons (Fsp3) is 0.450. The highest BCUT2D eigenvalue weighted by Crippen LogP contribution is 2.48. The Balaban J connectivity index is 1.58. The van der Waals surface area contributed by atoms with Crippen LogP contribution in [0.4, 0.5) is 4.39 Å². The van der Waals surface area contributed by atoms with E-state index < -0.39 is 10.0 Å². The van der Waals surface area contributed by atoms with Crippen LogP contribution in [0.3, 0.4) is 0 Å². The number of nitrogens with zero attached hydrogens (tertiary/aromatic N) is 3. The van der Waals surface area contributed by atoms with Crippen molar-refractivity contribution in [2.75, 3.05) is 19.6 Å². The van der Waals surface area contributed by atoms with Crippen molar-refractivity contribution in [3.05, 3.63) is 60.2 Å². The molecule has 2 bridgehead atoms. The van der Waals surface area contributed by atoms with Crippen molar-refractivity contribution in [3.8, 4) is 0 Å². The zero-order chi connectivity index (χ0) is 18.6. The molecule has 142 valence electrons. The first-order valence-electron chi connectivity index (χ1n) is 9.47. The molecule has 27 heavy (non-hydrogen) atoms. The number of halogens is 1. The van der Waals surface area contributed by atoms with Crippen molar-refractivity contribution in [1.82, 2.24) is 14.2 Å². The molecule has 1 aromatic heterocycles. The number of piperidine rings is 3. The summed E-state index contributed by atoms with van der Waals surface area (Å²) in [4.78, 5) is 6.70. The predicted molar refractivity (Wildman–Crippen MR) is 99.1 cm³/mol. The van der Waals surface area contributed by atoms with Gasteiger partial charge in [-0.05, 0) is 61.7 Å². The highest BCUT2D eigenvalue weighted by molar-refractivity contribution is 7.89. The van der Waals surface area contributed by atoms with Gasteiger partial charge >= 0.3 is 0 Å². The minimum absolute atomic E-state index is 0.0206. The summed E-state index contributed by atoms with van der Waals surface area (Å²) in [7, 11) is -3.61. The van der Waals surface area contributed by atoms with Crippen LogP contribution in [0, 0.1) is 11.7 Å². The molecule has 3 atom stereocenters. The summed E-state index contributed by atoms with van der Waals surface area (Å²) in [5.41, 5.74) is 1.02. The first kappa shape index (κ1) is 17.3. The highest BCUT2D eigenvalue weighted by atomic mass is 32.2. The predicted octanol–water partition coefficient (Wildman–Crippen LogP) is 2.47. The molecule has 0 saturated carbocycles. The SMILES string of the molecule is O=S(=O)(c1cccnc1)N1C[C@@H](c2ccc(F)cc2)[C@@H]2[C@H]1C1CCN2CC1. The van der Waals surface area contributed by atoms with Crippen LogP contribution < -0.4 is 0 Å². The molecular weight excluding hydrogens is 365 g/mol. The maximum absolute atomic E-state index is 13.4. The summed E-state index contributed by atoms with van der Waals surface area (Å²) in [6.45, 7) is 2.47. The van der Waals surface area contributed by atoms with Gasteiger partial charge in [-0.15, -0.1) is 0 Å². The lowest BCUT2D eigenvalue weighted by Crippen LogP contribution is -2.60. The average molecular weight is 387 g/mol. The molecule has 0 N–H and O–H groups in total. The van der Waals surface area contributed by atoms with Gasteiger partial charge in [-0.2, -0.15) is 4.31 Å². The van der Waals surface area contributed by atoms with Crippen molar-refractivity contribution < 1.29 is 12.8 Å². The van der Waals surface area contributed by atoms with Crippen LogP contribution >= 0.6 is 0 Å². The fourth-order valence-electron chi connectivity index (χ4n) is 5.28. The van der Waals surface area contributed by atoms with Crippen molar-refractivity contribution in [1.29, 1.82) is 0 Å². The highest BCUT2D eigenvalue weighted by Gasteiger charge is 2.56. The molecule has 0 radical (unpaired) electrons. The Hall–Kier alpha value is -1.83. The van der Waals surface area contributed by atoms with E-state index in [4.69, 9.17) is 0 Å². The molecule has 4 saturated heterocycles. The molecule has 0 amide bonds. The summed E-state index contributed by atoms with van der Waals surface area (Å²) >= 11 is 0. The van der Waals surface area contributed by atoms with Crippen LogP contribution in [0.15, 0.2) is 53.7 Å². The van der Waals surface area contributed by atoms with E-state index in [1.54, 1.807) is 34.8 Å². The van der Waals surface area contributed by atoms with Crippen LogP contribution in [0.25, 0.3) is 0 Å². The van der Waals surface area contributed by atoms with E-state index in [2.05, 4.69) is 9.88 Å². The molecule has 0 unspecified atom stereocenters. The van der Waals surface area contributed by atoms with Gasteiger partial charge in [0.25, 0.3) is 0 Å². The molecular formula is C20H22FN3O2S. The van der Waals surface area contributed by atoms with Gasteiger partial charge in [-0.1, -0.05) is 12.1 Å². The van der Waals surface area contributed by atoms with Gasteiger partial charge in [-0.25, -0.2) is 12.8 Å². The van der Waals surface area contributed by atoms with Crippen LogP contribution in [0.1, 0.15) is 24.3 Å². The molecule has 4 aliphatic rings. The van der Waals surface area contributed by atoms with Gasteiger partial charge in [0.1, 0.15) is 10.7 Å². The Morgan fingerprint density at radius 1 is 1.04 bits per heavy atom. The normalized spacial score (nSPS) is 33.1. The topological polar surface area (TPSA) is 53.5 Å². The van der Waals surface area contributed by atoms with E-state index in [0.29, 0.717) is 12.5 Å². The summed E-state index contributed by atoms with van der Waals surface area (Å²) in [5.74, 6) is 0.181. The minimum Gasteiger partial charge on any atom is -0.298 e. The van der Waals surface area contributed by atoms with Gasteiger partial charge in [0.05, 0.1) is 0 Å². The number of aromatic nitrogens is 1. The zero-order valence-electron chi connectivity index (χ0n) is 14.9. The lowest BCUT2D eigenvalue weighted by Gasteiger charge is -2.50. The Morgan fingerprint density at radius 2 is 1.78 bits per heavy atom. The molecule has 0 spiro atoms. The molecule has 5 nitrogen and oxygen atoms in total. The summed E-state index contributed by atoms with van der Waals surface area (Å²) in [5, 5.41) is 0. The lowest BCUT2D eigenvalue weighted by atomic mass is 9.75.